The number of hydrogen-bond donors (Lipinski definition) is 3. The maximum Gasteiger partial charge on any atom is 0.188 e. The lowest BCUT2D eigenvalue weighted by atomic mass is 10.2. The van der Waals surface area contributed by atoms with Crippen LogP contribution in [0.1, 0.15) is 19.0 Å². The Balaban J connectivity index is 2.88. The van der Waals surface area contributed by atoms with Crippen LogP contribution in [-0.2, 0) is 0 Å². The number of amidine groups is 1. The van der Waals surface area contributed by atoms with Gasteiger partial charge in [0, 0.05) is 31.6 Å². The van der Waals surface area contributed by atoms with Gasteiger partial charge in [-0.05, 0) is 25.5 Å². The highest BCUT2D eigenvalue weighted by Gasteiger charge is 2.07. The maximum atomic E-state index is 8.83. The van der Waals surface area contributed by atoms with Crippen molar-refractivity contribution < 1.29 is 10.3 Å². The molecule has 0 aliphatic rings. The van der Waals surface area contributed by atoms with E-state index >= 15 is 0 Å². The van der Waals surface area contributed by atoms with Crippen molar-refractivity contribution in [2.24, 2.45) is 10.9 Å². The van der Waals surface area contributed by atoms with E-state index in [9.17, 15) is 0 Å². The molecule has 1 rings (SSSR count). The van der Waals surface area contributed by atoms with Gasteiger partial charge in [0.25, 0.3) is 0 Å². The lowest BCUT2D eigenvalue weighted by Crippen LogP contribution is -2.25. The van der Waals surface area contributed by atoms with Crippen LogP contribution in [0.3, 0.4) is 0 Å². The Kier molecular flexibility index (Phi) is 5.22. The first-order valence-corrected chi connectivity index (χ1v) is 5.52. The van der Waals surface area contributed by atoms with Crippen LogP contribution in [-0.4, -0.2) is 40.8 Å². The van der Waals surface area contributed by atoms with Crippen LogP contribution in [0.5, 0.6) is 0 Å². The van der Waals surface area contributed by atoms with E-state index in [1.807, 2.05) is 13.0 Å². The van der Waals surface area contributed by atoms with Gasteiger partial charge in [-0.25, -0.2) is 0 Å². The summed E-state index contributed by atoms with van der Waals surface area (Å²) >= 11 is 0. The second kappa shape index (κ2) is 6.70. The Morgan fingerprint density at radius 3 is 2.94 bits per heavy atom. The van der Waals surface area contributed by atoms with Gasteiger partial charge in [0.05, 0.1) is 0 Å². The van der Waals surface area contributed by atoms with E-state index in [1.54, 1.807) is 12.3 Å². The standard InChI is InChI=1S/C11H18N4O2/c1-2-15(6-3-7-16)9-4-5-13-10(8-9)11(12)14-17/h4-5,8,16-17H,2-3,6-7H2,1H3,(H2,12,14). The van der Waals surface area contributed by atoms with Crippen molar-refractivity contribution in [1.82, 2.24) is 4.98 Å². The van der Waals surface area contributed by atoms with Crippen LogP contribution in [0.2, 0.25) is 0 Å². The second-order valence-electron chi connectivity index (χ2n) is 3.54. The summed E-state index contributed by atoms with van der Waals surface area (Å²) in [4.78, 5) is 6.10. The minimum Gasteiger partial charge on any atom is -0.409 e. The summed E-state index contributed by atoms with van der Waals surface area (Å²) in [6.45, 7) is 3.77. The first-order chi connectivity index (χ1) is 8.22. The van der Waals surface area contributed by atoms with Crippen LogP contribution in [0, 0.1) is 0 Å². The van der Waals surface area contributed by atoms with E-state index in [1.165, 1.54) is 0 Å². The number of rotatable bonds is 6. The topological polar surface area (TPSA) is 95.0 Å². The third-order valence-electron chi connectivity index (χ3n) is 2.45. The Morgan fingerprint density at radius 1 is 1.59 bits per heavy atom. The quantitative estimate of drug-likeness (QED) is 0.288. The molecule has 94 valence electrons. The molecular weight excluding hydrogens is 220 g/mol. The number of aromatic nitrogens is 1. The highest BCUT2D eigenvalue weighted by molar-refractivity contribution is 5.95. The molecule has 0 aromatic carbocycles. The molecule has 0 radical (unpaired) electrons. The van der Waals surface area contributed by atoms with Crippen molar-refractivity contribution in [1.29, 1.82) is 0 Å². The number of nitrogens with two attached hydrogens (primary N) is 1. The van der Waals surface area contributed by atoms with Crippen LogP contribution in [0.4, 0.5) is 5.69 Å². The number of pyridine rings is 1. The molecule has 0 fully saturated rings. The molecule has 0 unspecified atom stereocenters. The molecule has 4 N–H and O–H groups in total. The average Bonchev–Trinajstić information content (AvgIpc) is 2.39. The van der Waals surface area contributed by atoms with Crippen molar-refractivity contribution >= 4 is 11.5 Å². The molecule has 0 bridgehead atoms. The molecule has 0 spiro atoms. The largest absolute Gasteiger partial charge is 0.409 e. The number of anilines is 1. The molecule has 0 atom stereocenters. The normalized spacial score (nSPS) is 11.5. The number of oxime groups is 1. The lowest BCUT2D eigenvalue weighted by molar-refractivity contribution is 0.289. The van der Waals surface area contributed by atoms with Crippen LogP contribution in [0.15, 0.2) is 23.5 Å². The van der Waals surface area contributed by atoms with E-state index in [4.69, 9.17) is 16.0 Å². The molecule has 0 aliphatic carbocycles. The van der Waals surface area contributed by atoms with E-state index in [0.717, 1.165) is 18.8 Å². The average molecular weight is 238 g/mol. The highest BCUT2D eigenvalue weighted by Crippen LogP contribution is 2.14. The van der Waals surface area contributed by atoms with Gasteiger partial charge in [-0.15, -0.1) is 0 Å². The van der Waals surface area contributed by atoms with Crippen molar-refractivity contribution in [2.75, 3.05) is 24.6 Å². The van der Waals surface area contributed by atoms with Gasteiger partial charge in [-0.3, -0.25) is 4.98 Å². The summed E-state index contributed by atoms with van der Waals surface area (Å²) in [5.41, 5.74) is 6.86. The first kappa shape index (κ1) is 13.2. The van der Waals surface area contributed by atoms with Gasteiger partial charge < -0.3 is 20.9 Å². The van der Waals surface area contributed by atoms with Crippen LogP contribution >= 0.6 is 0 Å². The van der Waals surface area contributed by atoms with Crippen LogP contribution in [0.25, 0.3) is 0 Å². The Hall–Kier alpha value is -1.82. The zero-order chi connectivity index (χ0) is 12.7. The Bertz CT molecular complexity index is 381. The summed E-state index contributed by atoms with van der Waals surface area (Å²) in [7, 11) is 0. The zero-order valence-electron chi connectivity index (χ0n) is 9.87. The molecule has 0 saturated heterocycles. The molecule has 17 heavy (non-hydrogen) atoms. The first-order valence-electron chi connectivity index (χ1n) is 5.52. The molecule has 1 aromatic rings. The van der Waals surface area contributed by atoms with E-state index in [-0.39, 0.29) is 12.4 Å². The molecule has 6 nitrogen and oxygen atoms in total. The maximum absolute atomic E-state index is 8.83. The number of aliphatic hydroxyl groups is 1. The summed E-state index contributed by atoms with van der Waals surface area (Å²) in [6, 6.07) is 3.62. The van der Waals surface area contributed by atoms with Gasteiger partial charge >= 0.3 is 0 Å². The molecular formula is C11H18N4O2. The van der Waals surface area contributed by atoms with E-state index in [0.29, 0.717) is 12.1 Å². The number of aliphatic hydroxyl groups excluding tert-OH is 1. The zero-order valence-corrected chi connectivity index (χ0v) is 9.87. The fourth-order valence-electron chi connectivity index (χ4n) is 1.54. The number of hydrogen-bond acceptors (Lipinski definition) is 5. The lowest BCUT2D eigenvalue weighted by Gasteiger charge is -2.22. The van der Waals surface area contributed by atoms with Gasteiger partial charge in [0.1, 0.15) is 5.69 Å². The van der Waals surface area contributed by atoms with Crippen molar-refractivity contribution in [3.63, 3.8) is 0 Å². The smallest absolute Gasteiger partial charge is 0.188 e. The van der Waals surface area contributed by atoms with Crippen molar-refractivity contribution in [2.45, 2.75) is 13.3 Å². The van der Waals surface area contributed by atoms with Gasteiger partial charge in [-0.1, -0.05) is 5.16 Å². The Labute approximate surface area is 100 Å². The van der Waals surface area contributed by atoms with Crippen LogP contribution < -0.4 is 10.6 Å². The number of nitrogens with zero attached hydrogens (tertiary/aromatic N) is 3. The predicted molar refractivity (Wildman–Crippen MR) is 66.3 cm³/mol. The fourth-order valence-corrected chi connectivity index (χ4v) is 1.54. The van der Waals surface area contributed by atoms with Crippen molar-refractivity contribution in [3.8, 4) is 0 Å². The molecule has 1 heterocycles. The third kappa shape index (κ3) is 3.60. The van der Waals surface area contributed by atoms with Gasteiger partial charge in [-0.2, -0.15) is 0 Å². The summed E-state index contributed by atoms with van der Waals surface area (Å²) < 4.78 is 0. The van der Waals surface area contributed by atoms with E-state index in [2.05, 4.69) is 15.0 Å². The molecule has 0 aliphatic heterocycles. The SMILES string of the molecule is CCN(CCCO)c1ccnc(/C(N)=N/O)c1. The molecule has 6 heteroatoms. The fraction of sp³-hybridized carbons (Fsp3) is 0.455. The molecule has 1 aromatic heterocycles. The molecule has 0 saturated carbocycles. The second-order valence-corrected chi connectivity index (χ2v) is 3.54. The monoisotopic (exact) mass is 238 g/mol. The third-order valence-corrected chi connectivity index (χ3v) is 2.45. The predicted octanol–water partition coefficient (Wildman–Crippen LogP) is 0.385. The summed E-state index contributed by atoms with van der Waals surface area (Å²) in [5, 5.41) is 20.3. The minimum atomic E-state index is -0.00920. The van der Waals surface area contributed by atoms with Gasteiger partial charge in [0.2, 0.25) is 0 Å². The Morgan fingerprint density at radius 2 is 2.35 bits per heavy atom. The highest BCUT2D eigenvalue weighted by atomic mass is 16.4. The van der Waals surface area contributed by atoms with Crippen molar-refractivity contribution in [3.05, 3.63) is 24.0 Å². The summed E-state index contributed by atoms with van der Waals surface area (Å²) in [6.07, 6.45) is 2.32. The van der Waals surface area contributed by atoms with Gasteiger partial charge in [0.15, 0.2) is 5.84 Å². The van der Waals surface area contributed by atoms with E-state index < -0.39 is 0 Å². The molecule has 0 amide bonds. The summed E-state index contributed by atoms with van der Waals surface area (Å²) in [5.74, 6) is -0.00920. The minimum absolute atomic E-state index is 0.00920.